The van der Waals surface area contributed by atoms with Crippen molar-refractivity contribution in [1.82, 2.24) is 38.5 Å². The Labute approximate surface area is 398 Å². The van der Waals surface area contributed by atoms with E-state index < -0.39 is 18.9 Å². The predicted octanol–water partition coefficient (Wildman–Crippen LogP) is 7.30. The number of hydrogen-bond acceptors (Lipinski definition) is 10. The first kappa shape index (κ1) is 45.2. The lowest BCUT2D eigenvalue weighted by molar-refractivity contribution is 0.0647. The Balaban J connectivity index is 1.03. The highest BCUT2D eigenvalue weighted by atomic mass is 31.2. The number of fused-ring (bicyclic) bond motifs is 2. The number of aromatic amines is 1. The maximum atomic E-state index is 15.6. The van der Waals surface area contributed by atoms with Crippen molar-refractivity contribution in [3.05, 3.63) is 133 Å². The summed E-state index contributed by atoms with van der Waals surface area (Å²) in [6.07, 6.45) is 6.42. The number of aromatic nitrogens is 7. The number of imidazole rings is 1. The van der Waals surface area contributed by atoms with Crippen LogP contribution in [0.25, 0.3) is 28.1 Å². The highest BCUT2D eigenvalue weighted by molar-refractivity contribution is 7.70. The van der Waals surface area contributed by atoms with E-state index in [1.54, 1.807) is 65.5 Å². The monoisotopic (exact) mass is 957 g/mol. The number of halogens is 1. The lowest BCUT2D eigenvalue weighted by Crippen LogP contribution is -2.42. The zero-order valence-corrected chi connectivity index (χ0v) is 40.7. The number of nitrogens with one attached hydrogen (secondary N) is 1. The third kappa shape index (κ3) is 7.73. The second-order valence-corrected chi connectivity index (χ2v) is 22.9. The van der Waals surface area contributed by atoms with Crippen LogP contribution in [0.5, 0.6) is 0 Å². The molecule has 2 unspecified atom stereocenters. The van der Waals surface area contributed by atoms with Gasteiger partial charge < -0.3 is 28.4 Å². The van der Waals surface area contributed by atoms with Gasteiger partial charge in [0.15, 0.2) is 5.82 Å². The van der Waals surface area contributed by atoms with Crippen molar-refractivity contribution in [3.63, 3.8) is 0 Å². The summed E-state index contributed by atoms with van der Waals surface area (Å²) >= 11 is 0. The first-order valence-corrected chi connectivity index (χ1v) is 26.6. The fraction of sp³-hybridized carbons (Fsp3) is 0.431. The molecule has 1 aliphatic carbocycles. The fourth-order valence-electron chi connectivity index (χ4n) is 11.5. The number of morpholine rings is 1. The molecule has 1 saturated carbocycles. The number of rotatable bonds is 9. The number of hydrogen-bond donors (Lipinski definition) is 1. The molecule has 0 bridgehead atoms. The molecule has 7 heterocycles. The average Bonchev–Trinajstić information content (AvgIpc) is 4.14. The van der Waals surface area contributed by atoms with Gasteiger partial charge in [0.2, 0.25) is 0 Å². The summed E-state index contributed by atoms with van der Waals surface area (Å²) in [5, 5.41) is 10.9. The Morgan fingerprint density at radius 1 is 0.870 bits per heavy atom. The maximum Gasteiger partial charge on any atom is 0.438 e. The Kier molecular flexibility index (Phi) is 11.3. The van der Waals surface area contributed by atoms with Crippen LogP contribution in [0.2, 0.25) is 0 Å². The molecule has 2 saturated heterocycles. The van der Waals surface area contributed by atoms with E-state index in [0.29, 0.717) is 104 Å². The lowest BCUT2D eigenvalue weighted by Gasteiger charge is -2.44. The highest BCUT2D eigenvalue weighted by Crippen LogP contribution is 2.52. The van der Waals surface area contributed by atoms with E-state index in [-0.39, 0.29) is 35.3 Å². The second kappa shape index (κ2) is 17.3. The molecule has 4 aromatic heterocycles. The van der Waals surface area contributed by atoms with E-state index in [1.807, 2.05) is 36.1 Å². The minimum absolute atomic E-state index is 0.149. The number of nitrogens with zero attached hydrogens (tertiary/aromatic N) is 8. The van der Waals surface area contributed by atoms with E-state index >= 15 is 14.0 Å². The summed E-state index contributed by atoms with van der Waals surface area (Å²) in [6.45, 7) is 15.2. The summed E-state index contributed by atoms with van der Waals surface area (Å²) in [6, 6.07) is 16.8. The number of ether oxygens (including phenoxy) is 2. The van der Waals surface area contributed by atoms with Gasteiger partial charge in [-0.2, -0.15) is 5.10 Å². The Morgan fingerprint density at radius 3 is 2.29 bits per heavy atom. The van der Waals surface area contributed by atoms with Crippen LogP contribution in [0, 0.1) is 25.6 Å². The molecule has 1 N–H and O–H groups in total. The molecule has 0 spiro atoms. The molecule has 11 rings (SSSR count). The van der Waals surface area contributed by atoms with Crippen LogP contribution in [0.3, 0.4) is 0 Å². The minimum atomic E-state index is -2.70. The van der Waals surface area contributed by atoms with E-state index in [1.165, 1.54) is 5.56 Å². The normalized spacial score (nSPS) is 21.2. The summed E-state index contributed by atoms with van der Waals surface area (Å²) in [5.74, 6) is 0.104. The van der Waals surface area contributed by atoms with Crippen molar-refractivity contribution in [2.75, 3.05) is 64.3 Å². The summed E-state index contributed by atoms with van der Waals surface area (Å²) in [5.41, 5.74) is 6.55. The molecule has 69 heavy (non-hydrogen) atoms. The average molecular weight is 958 g/mol. The molecule has 3 fully saturated rings. The lowest BCUT2D eigenvalue weighted by atomic mass is 9.70. The number of amides is 1. The summed E-state index contributed by atoms with van der Waals surface area (Å²) in [7, 11) is -2.70. The number of aryl methyl sites for hydroxylation is 2. The standard InChI is InChI=1S/C51H57FN9O7P/c1-29-23-37(24-30(2)45(29)52)61-48(59-16-15-58(51(59)64)36-8-10-43(69(5,6)65)41(28-36)56-17-21-67-22-18-56)44-32(4)57(14-11-39(44)54-61)49(62)42-27-35-26-34(33-12-19-66-20-13-33)7-9-40(35)60(42)46-31(3)25-38(46)47-53-50(63)68-55-47/h7-10,15-16,23-24,26-28,31-33,38,46H,11-14,17-22,25H2,1-6H3,(H,53,55,63)/t31-,32-,38?,46?/m0/s1. The molecule has 18 heteroatoms. The number of H-pyrrole nitrogens is 1. The van der Waals surface area contributed by atoms with Gasteiger partial charge in [-0.15, -0.1) is 0 Å². The van der Waals surface area contributed by atoms with Gasteiger partial charge in [-0.1, -0.05) is 18.1 Å². The SMILES string of the molecule is Cc1cc(-n2nc3c(c2-n2ccn(-c4ccc(P(C)(C)=O)c(N5CCOCC5)c4)c2=O)[C@H](C)N(C(=O)c2cc4cc(C5CCOCC5)ccc4n2C2C(c4noc(=O)[nH]4)C[C@@H]2C)CC3)cc(C)c1F. The van der Waals surface area contributed by atoms with Gasteiger partial charge >= 0.3 is 11.4 Å². The molecule has 1 amide bonds. The van der Waals surface area contributed by atoms with Crippen molar-refractivity contribution >= 4 is 34.9 Å². The Morgan fingerprint density at radius 2 is 1.59 bits per heavy atom. The largest absolute Gasteiger partial charge is 0.438 e. The molecular formula is C51H57FN9O7P. The van der Waals surface area contributed by atoms with Crippen molar-refractivity contribution in [1.29, 1.82) is 0 Å². The van der Waals surface area contributed by atoms with E-state index in [4.69, 9.17) is 19.1 Å². The fourth-order valence-corrected chi connectivity index (χ4v) is 12.7. The first-order chi connectivity index (χ1) is 33.2. The van der Waals surface area contributed by atoms with Crippen molar-refractivity contribution < 1.29 is 27.7 Å². The molecular weight excluding hydrogens is 901 g/mol. The molecule has 360 valence electrons. The topological polar surface area (TPSA) is 168 Å². The van der Waals surface area contributed by atoms with Gasteiger partial charge in [0.1, 0.15) is 24.5 Å². The van der Waals surface area contributed by atoms with Crippen LogP contribution >= 0.6 is 7.14 Å². The van der Waals surface area contributed by atoms with Crippen LogP contribution in [0.15, 0.2) is 81.1 Å². The predicted molar refractivity (Wildman–Crippen MR) is 261 cm³/mol. The zero-order chi connectivity index (χ0) is 48.0. The molecule has 4 aliphatic rings. The summed E-state index contributed by atoms with van der Waals surface area (Å²) in [4.78, 5) is 49.6. The van der Waals surface area contributed by atoms with Gasteiger partial charge in [-0.05, 0) is 130 Å². The molecule has 16 nitrogen and oxygen atoms in total. The van der Waals surface area contributed by atoms with Crippen molar-refractivity contribution in [2.45, 2.75) is 77.3 Å². The highest BCUT2D eigenvalue weighted by Gasteiger charge is 2.46. The van der Waals surface area contributed by atoms with Crippen molar-refractivity contribution in [3.8, 4) is 17.2 Å². The molecule has 3 aliphatic heterocycles. The van der Waals surface area contributed by atoms with Crippen LogP contribution in [0.1, 0.15) is 101 Å². The van der Waals surface area contributed by atoms with Crippen molar-refractivity contribution in [2.24, 2.45) is 5.92 Å². The molecule has 7 aromatic rings. The van der Waals surface area contributed by atoms with Crippen LogP contribution in [0.4, 0.5) is 10.1 Å². The third-order valence-corrected chi connectivity index (χ3v) is 16.6. The smallest absolute Gasteiger partial charge is 0.381 e. The number of anilines is 1. The van der Waals surface area contributed by atoms with Crippen LogP contribution in [-0.2, 0) is 20.5 Å². The zero-order valence-electron chi connectivity index (χ0n) is 39.8. The first-order valence-electron chi connectivity index (χ1n) is 24.0. The van der Waals surface area contributed by atoms with Gasteiger partial charge in [0.05, 0.1) is 36.3 Å². The minimum Gasteiger partial charge on any atom is -0.381 e. The molecule has 3 aromatic carbocycles. The number of carbonyl (C=O) groups excluding carboxylic acids is 1. The number of carbonyl (C=O) groups is 1. The second-order valence-electron chi connectivity index (χ2n) is 19.8. The third-order valence-electron chi connectivity index (χ3n) is 15.1. The Hall–Kier alpha value is -6.29. The van der Waals surface area contributed by atoms with Gasteiger partial charge in [-0.3, -0.25) is 23.4 Å². The molecule has 4 atom stereocenters. The van der Waals surface area contributed by atoms with Crippen LogP contribution < -0.4 is 21.7 Å². The quantitative estimate of drug-likeness (QED) is 0.145. The van der Waals surface area contributed by atoms with Gasteiger partial charge in [-0.25, -0.2) is 18.7 Å². The Bertz CT molecular complexity index is 3300. The van der Waals surface area contributed by atoms with E-state index in [0.717, 1.165) is 46.9 Å². The van der Waals surface area contributed by atoms with Gasteiger partial charge in [0, 0.05) is 91.1 Å². The van der Waals surface area contributed by atoms with E-state index in [9.17, 15) is 9.36 Å². The molecule has 0 radical (unpaired) electrons. The maximum absolute atomic E-state index is 15.6. The number of benzene rings is 3. The summed E-state index contributed by atoms with van der Waals surface area (Å²) < 4.78 is 52.1. The van der Waals surface area contributed by atoms with E-state index in [2.05, 4.69) is 44.7 Å². The van der Waals surface area contributed by atoms with Crippen LogP contribution in [-0.4, -0.2) is 104 Å². The van der Waals surface area contributed by atoms with Gasteiger partial charge in [0.25, 0.3) is 5.91 Å².